The maximum absolute atomic E-state index is 14.7. The maximum Gasteiger partial charge on any atom is 0.410 e. The van der Waals surface area contributed by atoms with E-state index in [2.05, 4.69) is 10.0 Å². The lowest BCUT2D eigenvalue weighted by molar-refractivity contribution is -0.142. The lowest BCUT2D eigenvalue weighted by atomic mass is 9.89. The molecule has 7 rings (SSSR count). The van der Waals surface area contributed by atoms with Crippen molar-refractivity contribution < 1.29 is 41.5 Å². The summed E-state index contributed by atoms with van der Waals surface area (Å²) in [6, 6.07) is 10.7. The van der Waals surface area contributed by atoms with Crippen molar-refractivity contribution in [2.24, 2.45) is 17.3 Å². The quantitative estimate of drug-likeness (QED) is 0.374. The normalized spacial score (nSPS) is 28.1. The third kappa shape index (κ3) is 7.92. The van der Waals surface area contributed by atoms with Crippen molar-refractivity contribution in [3.8, 4) is 0 Å². The molecule has 294 valence electrons. The predicted octanol–water partition coefficient (Wildman–Crippen LogP) is 4.95. The van der Waals surface area contributed by atoms with E-state index in [1.54, 1.807) is 44.3 Å². The monoisotopic (exact) mass is 776 g/mol. The fourth-order valence-corrected chi connectivity index (χ4v) is 9.75. The van der Waals surface area contributed by atoms with E-state index in [9.17, 15) is 36.8 Å². The summed E-state index contributed by atoms with van der Waals surface area (Å²) in [5.41, 5.74) is 1.05. The molecule has 2 saturated carbocycles. The van der Waals surface area contributed by atoms with E-state index in [1.807, 2.05) is 18.2 Å². The van der Waals surface area contributed by atoms with Crippen LogP contribution in [0.1, 0.15) is 98.2 Å². The molecule has 5 atom stereocenters. The Bertz CT molecular complexity index is 2030. The van der Waals surface area contributed by atoms with Crippen LogP contribution in [-0.4, -0.2) is 78.3 Å². The zero-order valence-electron chi connectivity index (χ0n) is 31.4. The first-order chi connectivity index (χ1) is 26.2. The van der Waals surface area contributed by atoms with Gasteiger partial charge in [-0.3, -0.25) is 28.8 Å². The van der Waals surface area contributed by atoms with Crippen LogP contribution in [0.5, 0.6) is 0 Å². The molecular formula is C41H49FN4O8S. The standard InChI is InChI=1S/C41H49FN4O8S/c1-40(16-17-40)55(52,53)44-38(50)41-21-30(41)14-7-5-3-4-6-11-28(19-26-10-8-12-27(18-26)36(48)43-2)37(49)46-24-31(20-34(46)35(47)22-41)54-39(51)45-23-29-13-9-15-33(42)32(29)25-45/h7-10,12-15,18,28,30-31,34H,3-6,11,16-17,19-25H2,1-2H3,(H,43,48)(H,44,50)/b14-7-/t28-,30-,31-,34+,41-/m1/s1. The molecule has 0 aromatic heterocycles. The van der Waals surface area contributed by atoms with E-state index in [0.29, 0.717) is 48.8 Å². The van der Waals surface area contributed by atoms with Gasteiger partial charge >= 0.3 is 6.09 Å². The Morgan fingerprint density at radius 3 is 2.56 bits per heavy atom. The Kier molecular flexibility index (Phi) is 10.7. The van der Waals surface area contributed by atoms with Crippen molar-refractivity contribution in [3.63, 3.8) is 0 Å². The number of rotatable bonds is 7. The molecule has 3 aliphatic heterocycles. The van der Waals surface area contributed by atoms with Crippen molar-refractivity contribution in [1.82, 2.24) is 19.8 Å². The smallest absolute Gasteiger partial charge is 0.410 e. The molecular weight excluding hydrogens is 728 g/mol. The highest BCUT2D eigenvalue weighted by molar-refractivity contribution is 7.91. The van der Waals surface area contributed by atoms with Crippen LogP contribution >= 0.6 is 0 Å². The van der Waals surface area contributed by atoms with Crippen LogP contribution in [0.4, 0.5) is 9.18 Å². The zero-order valence-corrected chi connectivity index (χ0v) is 32.2. The highest BCUT2D eigenvalue weighted by Gasteiger charge is 2.62. The molecule has 2 aromatic carbocycles. The van der Waals surface area contributed by atoms with Crippen LogP contribution in [0.3, 0.4) is 0 Å². The third-order valence-electron chi connectivity index (χ3n) is 12.3. The lowest BCUT2D eigenvalue weighted by Gasteiger charge is -2.29. The van der Waals surface area contributed by atoms with E-state index < -0.39 is 61.8 Å². The molecule has 5 aliphatic rings. The number of hydrogen-bond acceptors (Lipinski definition) is 8. The number of fused-ring (bicyclic) bond motifs is 3. The van der Waals surface area contributed by atoms with Gasteiger partial charge in [0.25, 0.3) is 5.91 Å². The molecule has 14 heteroatoms. The van der Waals surface area contributed by atoms with Gasteiger partial charge in [0.2, 0.25) is 21.8 Å². The van der Waals surface area contributed by atoms with E-state index in [4.69, 9.17) is 4.74 Å². The van der Waals surface area contributed by atoms with Crippen molar-refractivity contribution in [2.75, 3.05) is 13.6 Å². The largest absolute Gasteiger partial charge is 0.444 e. The average Bonchev–Trinajstić information content (AvgIpc) is 3.95. The molecule has 12 nitrogen and oxygen atoms in total. The minimum absolute atomic E-state index is 0.00108. The van der Waals surface area contributed by atoms with E-state index in [0.717, 1.165) is 31.2 Å². The Morgan fingerprint density at radius 1 is 1.04 bits per heavy atom. The molecule has 0 radical (unpaired) electrons. The maximum atomic E-state index is 14.7. The molecule has 4 amide bonds. The number of nitrogens with one attached hydrogen (secondary N) is 2. The number of sulfonamides is 1. The number of carbonyl (C=O) groups is 5. The second-order valence-corrected chi connectivity index (χ2v) is 18.4. The van der Waals surface area contributed by atoms with Crippen LogP contribution in [0.15, 0.2) is 54.6 Å². The number of hydrogen-bond donors (Lipinski definition) is 2. The second kappa shape index (κ2) is 15.2. The Hall–Kier alpha value is -4.59. The van der Waals surface area contributed by atoms with Crippen molar-refractivity contribution in [3.05, 3.63) is 82.7 Å². The first-order valence-electron chi connectivity index (χ1n) is 19.3. The number of allylic oxidation sites excluding steroid dienone is 2. The van der Waals surface area contributed by atoms with Gasteiger partial charge in [-0.05, 0) is 87.1 Å². The predicted molar refractivity (Wildman–Crippen MR) is 200 cm³/mol. The number of halogens is 1. The molecule has 0 bridgehead atoms. The summed E-state index contributed by atoms with van der Waals surface area (Å²) in [5, 5.41) is 2.63. The van der Waals surface area contributed by atoms with E-state index in [-0.39, 0.29) is 50.2 Å². The first-order valence-corrected chi connectivity index (χ1v) is 20.8. The summed E-state index contributed by atoms with van der Waals surface area (Å²) in [4.78, 5) is 71.9. The zero-order chi connectivity index (χ0) is 39.1. The van der Waals surface area contributed by atoms with Gasteiger partial charge < -0.3 is 15.0 Å². The van der Waals surface area contributed by atoms with Crippen LogP contribution in [0.2, 0.25) is 0 Å². The van der Waals surface area contributed by atoms with Crippen LogP contribution in [-0.2, 0) is 48.7 Å². The number of Topliss-reactive ketones (excluding diaryl/α,β-unsaturated/α-hetero) is 1. The average molecular weight is 777 g/mol. The summed E-state index contributed by atoms with van der Waals surface area (Å²) in [7, 11) is -2.42. The highest BCUT2D eigenvalue weighted by atomic mass is 32.2. The SMILES string of the molecule is CNC(=O)c1cccc(C[C@H]2CCCCC/C=C\[C@@H]3C[C@@]3(C(=O)NS(=O)(=O)C3(C)CC3)CC(=O)[C@@H]3C[C@@H](OC(=O)N4Cc5cccc(F)c5C4)CN3C2=O)c1. The van der Waals surface area contributed by atoms with Crippen LogP contribution < -0.4 is 10.0 Å². The fourth-order valence-electron chi connectivity index (χ4n) is 8.42. The first kappa shape index (κ1) is 38.7. The van der Waals surface area contributed by atoms with Crippen molar-refractivity contribution in [1.29, 1.82) is 0 Å². The molecule has 1 saturated heterocycles. The van der Waals surface area contributed by atoms with Gasteiger partial charge in [-0.1, -0.05) is 49.3 Å². The summed E-state index contributed by atoms with van der Waals surface area (Å²) >= 11 is 0. The summed E-state index contributed by atoms with van der Waals surface area (Å²) in [6.45, 7) is 1.73. The van der Waals surface area contributed by atoms with Gasteiger partial charge in [-0.25, -0.2) is 17.6 Å². The number of ether oxygens (including phenoxy) is 1. The van der Waals surface area contributed by atoms with Gasteiger partial charge in [0.15, 0.2) is 5.78 Å². The number of benzene rings is 2. The van der Waals surface area contributed by atoms with Gasteiger partial charge in [-0.2, -0.15) is 0 Å². The van der Waals surface area contributed by atoms with Gasteiger partial charge in [0, 0.05) is 43.5 Å². The number of ketones is 1. The lowest BCUT2D eigenvalue weighted by Crippen LogP contribution is -2.47. The minimum Gasteiger partial charge on any atom is -0.444 e. The third-order valence-corrected chi connectivity index (χ3v) is 14.5. The minimum atomic E-state index is -3.97. The molecule has 2 aromatic rings. The molecule has 2 N–H and O–H groups in total. The molecule has 55 heavy (non-hydrogen) atoms. The van der Waals surface area contributed by atoms with E-state index in [1.165, 1.54) is 15.9 Å². The fraction of sp³-hybridized carbons (Fsp3) is 0.537. The topological polar surface area (TPSA) is 159 Å². The van der Waals surface area contributed by atoms with Gasteiger partial charge in [0.05, 0.1) is 29.3 Å². The molecule has 3 fully saturated rings. The summed E-state index contributed by atoms with van der Waals surface area (Å²) in [6.07, 6.45) is 7.26. The van der Waals surface area contributed by atoms with Gasteiger partial charge in [-0.15, -0.1) is 0 Å². The van der Waals surface area contributed by atoms with Gasteiger partial charge in [0.1, 0.15) is 11.9 Å². The number of amides is 4. The van der Waals surface area contributed by atoms with Crippen molar-refractivity contribution in [2.45, 2.75) is 108 Å². The molecule has 2 aliphatic carbocycles. The molecule has 3 heterocycles. The van der Waals surface area contributed by atoms with Crippen LogP contribution in [0, 0.1) is 23.1 Å². The second-order valence-electron chi connectivity index (χ2n) is 16.2. The van der Waals surface area contributed by atoms with Crippen molar-refractivity contribution >= 4 is 39.6 Å². The Balaban J connectivity index is 1.16. The summed E-state index contributed by atoms with van der Waals surface area (Å²) < 4.78 is 48.0. The highest BCUT2D eigenvalue weighted by Crippen LogP contribution is 2.57. The molecule has 0 spiro atoms. The molecule has 0 unspecified atom stereocenters. The summed E-state index contributed by atoms with van der Waals surface area (Å²) in [5.74, 6) is -2.97. The van der Waals surface area contributed by atoms with E-state index >= 15 is 0 Å². The van der Waals surface area contributed by atoms with Crippen LogP contribution in [0.25, 0.3) is 0 Å². The Labute approximate surface area is 321 Å². The number of nitrogens with zero attached hydrogens (tertiary/aromatic N) is 2. The Morgan fingerprint density at radius 2 is 1.82 bits per heavy atom. The number of carbonyl (C=O) groups excluding carboxylic acids is 5.